The molecule has 210 valence electrons. The maximum atomic E-state index is 2.48. The van der Waals surface area contributed by atoms with Gasteiger partial charge in [-0.25, -0.2) is 0 Å². The lowest BCUT2D eigenvalue weighted by Gasteiger charge is -2.38. The lowest BCUT2D eigenvalue weighted by Crippen LogP contribution is -2.46. The summed E-state index contributed by atoms with van der Waals surface area (Å²) in [5.41, 5.74) is 4.25. The molecule has 0 N–H and O–H groups in total. The fourth-order valence-corrected chi connectivity index (χ4v) is 5.79. The Morgan fingerprint density at radius 2 is 0.795 bits per heavy atom. The number of nitrogens with zero attached hydrogens (tertiary/aromatic N) is 1. The molecule has 0 heterocycles. The van der Waals surface area contributed by atoms with E-state index in [-0.39, 0.29) is 0 Å². The Morgan fingerprint density at radius 3 is 1.18 bits per heavy atom. The van der Waals surface area contributed by atoms with Crippen molar-refractivity contribution in [2.24, 2.45) is 0 Å². The average molecular weight is 525 g/mol. The van der Waals surface area contributed by atoms with Crippen molar-refractivity contribution >= 4 is 0 Å². The number of allylic oxidation sites excluding steroid dienone is 1. The molecule has 0 bridgehead atoms. The standard InChI is InChI=1S/C38H54N/c1-2-3-4-5-6-7-8-9-10-11-12-13-14-15-25-32-39(33-36-26-19-16-20-27-36,34-37-28-21-17-22-29-37)35-38-30-23-18-24-31-38/h15-31H,2-14,32-35H2,1H3/q+1/b25-15+. The van der Waals surface area contributed by atoms with E-state index in [1.807, 2.05) is 0 Å². The van der Waals surface area contributed by atoms with Gasteiger partial charge in [-0.1, -0.05) is 175 Å². The molecular weight excluding hydrogens is 470 g/mol. The van der Waals surface area contributed by atoms with Crippen LogP contribution in [0.4, 0.5) is 0 Å². The molecule has 0 unspecified atom stereocenters. The van der Waals surface area contributed by atoms with Gasteiger partial charge in [0.2, 0.25) is 0 Å². The molecule has 0 aliphatic heterocycles. The van der Waals surface area contributed by atoms with Gasteiger partial charge in [0.05, 0.1) is 6.54 Å². The number of hydrogen-bond acceptors (Lipinski definition) is 0. The summed E-state index contributed by atoms with van der Waals surface area (Å²) < 4.78 is 1.01. The predicted octanol–water partition coefficient (Wildman–Crippen LogP) is 11.1. The maximum absolute atomic E-state index is 2.48. The van der Waals surface area contributed by atoms with Crippen LogP contribution in [-0.4, -0.2) is 11.0 Å². The van der Waals surface area contributed by atoms with Crippen LogP contribution in [0.3, 0.4) is 0 Å². The number of rotatable bonds is 21. The molecule has 3 aromatic rings. The van der Waals surface area contributed by atoms with Crippen molar-refractivity contribution in [3.63, 3.8) is 0 Å². The molecule has 0 fully saturated rings. The van der Waals surface area contributed by atoms with Gasteiger partial charge in [0.15, 0.2) is 0 Å². The van der Waals surface area contributed by atoms with Crippen LogP contribution in [0.15, 0.2) is 103 Å². The van der Waals surface area contributed by atoms with E-state index in [1.165, 1.54) is 100 Å². The summed E-state index contributed by atoms with van der Waals surface area (Å²) in [6.07, 6.45) is 23.1. The zero-order chi connectivity index (χ0) is 27.3. The molecule has 3 rings (SSSR count). The molecule has 0 radical (unpaired) electrons. The second kappa shape index (κ2) is 19.4. The fraction of sp³-hybridized carbons (Fsp3) is 0.474. The smallest absolute Gasteiger partial charge is 0.105 e. The van der Waals surface area contributed by atoms with E-state index in [1.54, 1.807) is 0 Å². The molecule has 0 aromatic heterocycles. The molecule has 0 saturated carbocycles. The molecule has 0 spiro atoms. The largest absolute Gasteiger partial charge is 0.309 e. The Kier molecular flexibility index (Phi) is 15.4. The minimum Gasteiger partial charge on any atom is -0.309 e. The molecule has 39 heavy (non-hydrogen) atoms. The first-order valence-electron chi connectivity index (χ1n) is 15.9. The maximum Gasteiger partial charge on any atom is 0.105 e. The summed E-state index contributed by atoms with van der Waals surface area (Å²) in [5, 5.41) is 0. The van der Waals surface area contributed by atoms with Gasteiger partial charge in [-0.05, 0) is 18.9 Å². The van der Waals surface area contributed by atoms with E-state index in [4.69, 9.17) is 0 Å². The van der Waals surface area contributed by atoms with E-state index in [0.717, 1.165) is 30.7 Å². The Labute approximate surface area is 240 Å². The first-order chi connectivity index (χ1) is 19.3. The summed E-state index contributed by atoms with van der Waals surface area (Å²) in [7, 11) is 0. The number of unbranched alkanes of at least 4 members (excludes halogenated alkanes) is 12. The molecule has 0 aliphatic rings. The van der Waals surface area contributed by atoms with Gasteiger partial charge in [0.25, 0.3) is 0 Å². The highest BCUT2D eigenvalue weighted by atomic mass is 15.3. The topological polar surface area (TPSA) is 0 Å². The van der Waals surface area contributed by atoms with Crippen LogP contribution >= 0.6 is 0 Å². The summed E-state index contributed by atoms with van der Waals surface area (Å²) in [5.74, 6) is 0. The molecule has 0 aliphatic carbocycles. The first-order valence-corrected chi connectivity index (χ1v) is 15.9. The Morgan fingerprint density at radius 1 is 0.436 bits per heavy atom. The summed E-state index contributed by atoms with van der Waals surface area (Å²) in [4.78, 5) is 0. The summed E-state index contributed by atoms with van der Waals surface area (Å²) in [6.45, 7) is 6.46. The molecule has 0 saturated heterocycles. The van der Waals surface area contributed by atoms with Crippen LogP contribution in [0, 0.1) is 0 Å². The third-order valence-electron chi connectivity index (χ3n) is 7.97. The van der Waals surface area contributed by atoms with Crippen molar-refractivity contribution in [3.05, 3.63) is 120 Å². The van der Waals surface area contributed by atoms with Gasteiger partial charge in [-0.3, -0.25) is 0 Å². The highest BCUT2D eigenvalue weighted by molar-refractivity contribution is 5.17. The number of benzene rings is 3. The molecule has 0 amide bonds. The zero-order valence-electron chi connectivity index (χ0n) is 24.8. The molecule has 0 atom stereocenters. The second-order valence-corrected chi connectivity index (χ2v) is 11.6. The monoisotopic (exact) mass is 524 g/mol. The Hall–Kier alpha value is -2.64. The Balaban J connectivity index is 1.50. The normalized spacial score (nSPS) is 11.8. The highest BCUT2D eigenvalue weighted by Gasteiger charge is 2.28. The van der Waals surface area contributed by atoms with Gasteiger partial charge < -0.3 is 4.48 Å². The van der Waals surface area contributed by atoms with Gasteiger partial charge >= 0.3 is 0 Å². The summed E-state index contributed by atoms with van der Waals surface area (Å²) in [6, 6.07) is 33.2. The van der Waals surface area contributed by atoms with Crippen molar-refractivity contribution in [2.45, 2.75) is 110 Å². The predicted molar refractivity (Wildman–Crippen MR) is 170 cm³/mol. The van der Waals surface area contributed by atoms with Crippen LogP contribution < -0.4 is 0 Å². The summed E-state index contributed by atoms with van der Waals surface area (Å²) >= 11 is 0. The van der Waals surface area contributed by atoms with Crippen LogP contribution in [0.2, 0.25) is 0 Å². The minimum atomic E-state index is 1.01. The fourth-order valence-electron chi connectivity index (χ4n) is 5.79. The van der Waals surface area contributed by atoms with E-state index < -0.39 is 0 Å². The van der Waals surface area contributed by atoms with E-state index >= 15 is 0 Å². The molecule has 3 aromatic carbocycles. The van der Waals surface area contributed by atoms with E-state index in [0.29, 0.717) is 0 Å². The molecule has 1 heteroatoms. The molecular formula is C38H54N+. The third-order valence-corrected chi connectivity index (χ3v) is 7.97. The number of quaternary nitrogens is 1. The zero-order valence-corrected chi connectivity index (χ0v) is 24.8. The third kappa shape index (κ3) is 13.3. The van der Waals surface area contributed by atoms with Crippen LogP contribution in [0.1, 0.15) is 107 Å². The van der Waals surface area contributed by atoms with Crippen molar-refractivity contribution in [3.8, 4) is 0 Å². The van der Waals surface area contributed by atoms with E-state index in [2.05, 4.69) is 110 Å². The van der Waals surface area contributed by atoms with Crippen molar-refractivity contribution in [2.75, 3.05) is 6.54 Å². The van der Waals surface area contributed by atoms with Gasteiger partial charge in [0.1, 0.15) is 19.6 Å². The minimum absolute atomic E-state index is 1.01. The average Bonchev–Trinajstić information content (AvgIpc) is 2.97. The SMILES string of the molecule is CCCCCCCCCCCCCC/C=C/C[N+](Cc1ccccc1)(Cc1ccccc1)Cc1ccccc1. The van der Waals surface area contributed by atoms with Crippen LogP contribution in [0.25, 0.3) is 0 Å². The Bertz CT molecular complexity index is 891. The van der Waals surface area contributed by atoms with Gasteiger partial charge in [-0.15, -0.1) is 0 Å². The van der Waals surface area contributed by atoms with Crippen molar-refractivity contribution < 1.29 is 4.48 Å². The molecule has 1 nitrogen and oxygen atoms in total. The van der Waals surface area contributed by atoms with Crippen LogP contribution in [-0.2, 0) is 19.6 Å². The quantitative estimate of drug-likeness (QED) is 0.0738. The first kappa shape index (κ1) is 30.9. The lowest BCUT2D eigenvalue weighted by molar-refractivity contribution is -0.961. The van der Waals surface area contributed by atoms with Crippen molar-refractivity contribution in [1.29, 1.82) is 0 Å². The van der Waals surface area contributed by atoms with Gasteiger partial charge in [0, 0.05) is 16.7 Å². The van der Waals surface area contributed by atoms with E-state index in [9.17, 15) is 0 Å². The lowest BCUT2D eigenvalue weighted by atomic mass is 10.0. The number of hydrogen-bond donors (Lipinski definition) is 0. The van der Waals surface area contributed by atoms with Crippen molar-refractivity contribution in [1.82, 2.24) is 0 Å². The van der Waals surface area contributed by atoms with Crippen LogP contribution in [0.5, 0.6) is 0 Å². The second-order valence-electron chi connectivity index (χ2n) is 11.6. The van der Waals surface area contributed by atoms with Gasteiger partial charge in [-0.2, -0.15) is 0 Å². The highest BCUT2D eigenvalue weighted by Crippen LogP contribution is 2.24.